The molecule has 3 N–H and O–H groups in total. The van der Waals surface area contributed by atoms with E-state index in [1.54, 1.807) is 26.2 Å². The predicted octanol–water partition coefficient (Wildman–Crippen LogP) is 7.15. The molecule has 1 aliphatic heterocycles. The Hall–Kier alpha value is -4.62. The molecule has 0 saturated heterocycles. The maximum absolute atomic E-state index is 15.7. The second-order valence-corrected chi connectivity index (χ2v) is 16.8. The van der Waals surface area contributed by atoms with Crippen LogP contribution in [0.25, 0.3) is 22.3 Å². The van der Waals surface area contributed by atoms with Gasteiger partial charge in [0.1, 0.15) is 17.1 Å². The highest BCUT2D eigenvalue weighted by molar-refractivity contribution is 7.91. The van der Waals surface area contributed by atoms with Gasteiger partial charge in [-0.3, -0.25) is 4.79 Å². The highest BCUT2D eigenvalue weighted by atomic mass is 32.2. The number of fused-ring (bicyclic) bond motifs is 8. The molecule has 3 aromatic carbocycles. The molecule has 3 heterocycles. The number of carbonyl (C=O) groups is 1. The van der Waals surface area contributed by atoms with Gasteiger partial charge in [-0.05, 0) is 73.4 Å². The number of benzene rings is 3. The number of hydrogen-bond acceptors (Lipinski definition) is 8. The number of aryl methyl sites for hydroxylation is 2. The van der Waals surface area contributed by atoms with Crippen molar-refractivity contribution in [3.8, 4) is 22.9 Å². The summed E-state index contributed by atoms with van der Waals surface area (Å²) in [5.74, 6) is -1.85. The van der Waals surface area contributed by atoms with Crippen LogP contribution in [0.15, 0.2) is 60.8 Å². The van der Waals surface area contributed by atoms with E-state index in [1.165, 1.54) is 28.9 Å². The Morgan fingerprint density at radius 1 is 1.12 bits per heavy atom. The van der Waals surface area contributed by atoms with Crippen molar-refractivity contribution in [2.45, 2.75) is 65.3 Å². The molecule has 5 aromatic rings. The van der Waals surface area contributed by atoms with Gasteiger partial charge < -0.3 is 20.2 Å². The summed E-state index contributed by atoms with van der Waals surface area (Å²) in [5.41, 5.74) is 7.94. The first-order valence-corrected chi connectivity index (χ1v) is 19.3. The molecular weight excluding hydrogens is 689 g/mol. The molecule has 10 nitrogen and oxygen atoms in total. The van der Waals surface area contributed by atoms with Gasteiger partial charge in [-0.15, -0.1) is 0 Å². The van der Waals surface area contributed by atoms with Crippen LogP contribution in [0.1, 0.15) is 69.5 Å². The smallest absolute Gasteiger partial charge is 0.308 e. The van der Waals surface area contributed by atoms with Gasteiger partial charge in [0, 0.05) is 35.8 Å². The summed E-state index contributed by atoms with van der Waals surface area (Å²) in [4.78, 5) is 20.2. The zero-order valence-corrected chi connectivity index (χ0v) is 30.9. The highest BCUT2D eigenvalue weighted by Crippen LogP contribution is 2.39. The van der Waals surface area contributed by atoms with Crippen LogP contribution in [0.4, 0.5) is 8.78 Å². The lowest BCUT2D eigenvalue weighted by Crippen LogP contribution is -2.40. The minimum Gasteiger partial charge on any atom is -0.466 e. The van der Waals surface area contributed by atoms with Crippen molar-refractivity contribution < 1.29 is 31.5 Å². The van der Waals surface area contributed by atoms with E-state index >= 15 is 8.78 Å². The summed E-state index contributed by atoms with van der Waals surface area (Å²) < 4.78 is 71.4. The molecule has 2 aromatic heterocycles. The number of ether oxygens (including phenoxy) is 2. The van der Waals surface area contributed by atoms with Crippen LogP contribution in [-0.4, -0.2) is 52.2 Å². The molecule has 1 aliphatic rings. The molecule has 276 valence electrons. The van der Waals surface area contributed by atoms with Crippen molar-refractivity contribution in [2.24, 2.45) is 24.1 Å². The lowest BCUT2D eigenvalue weighted by molar-refractivity contribution is -0.147. The molecule has 0 aliphatic carbocycles. The fraction of sp³-hybridized carbons (Fsp3) is 0.410. The van der Waals surface area contributed by atoms with Gasteiger partial charge >= 0.3 is 5.97 Å². The van der Waals surface area contributed by atoms with E-state index in [2.05, 4.69) is 4.98 Å². The number of esters is 1. The summed E-state index contributed by atoms with van der Waals surface area (Å²) in [6, 6.07) is 14.6. The minimum absolute atomic E-state index is 0.0115. The number of hydrogen-bond donors (Lipinski definition) is 2. The topological polar surface area (TPSA) is 142 Å². The molecule has 0 fully saturated rings. The van der Waals surface area contributed by atoms with Crippen LogP contribution in [0.3, 0.4) is 0 Å². The van der Waals surface area contributed by atoms with Crippen LogP contribution in [0, 0.1) is 23.0 Å². The number of nitrogens with zero attached hydrogens (tertiary/aromatic N) is 3. The second kappa shape index (κ2) is 14.4. The monoisotopic (exact) mass is 733 g/mol. The van der Waals surface area contributed by atoms with Gasteiger partial charge in [0.25, 0.3) is 0 Å². The third-order valence-corrected chi connectivity index (χ3v) is 11.8. The number of nitrogens with one attached hydrogen (secondary N) is 1. The van der Waals surface area contributed by atoms with Gasteiger partial charge in [0.05, 0.1) is 29.6 Å². The molecule has 4 bridgehead atoms. The van der Waals surface area contributed by atoms with Gasteiger partial charge in [-0.25, -0.2) is 26.9 Å². The lowest BCUT2D eigenvalue weighted by atomic mass is 9.80. The molecule has 0 spiro atoms. The van der Waals surface area contributed by atoms with E-state index < -0.39 is 32.4 Å². The Bertz CT molecular complexity index is 2230. The van der Waals surface area contributed by atoms with Crippen molar-refractivity contribution in [3.05, 3.63) is 94.9 Å². The third-order valence-electron chi connectivity index (χ3n) is 9.80. The summed E-state index contributed by atoms with van der Waals surface area (Å²) in [6.07, 6.45) is 3.47. The largest absolute Gasteiger partial charge is 0.466 e. The first-order valence-electron chi connectivity index (χ1n) is 17.5. The molecule has 0 saturated carbocycles. The van der Waals surface area contributed by atoms with Crippen LogP contribution in [0.5, 0.6) is 11.5 Å². The van der Waals surface area contributed by atoms with Gasteiger partial charge in [-0.1, -0.05) is 51.5 Å². The molecule has 2 atom stereocenters. The third kappa shape index (κ3) is 7.75. The Morgan fingerprint density at radius 2 is 1.90 bits per heavy atom. The first kappa shape index (κ1) is 37.1. The number of nitrogens with two attached hydrogens (primary N) is 1. The Kier molecular flexibility index (Phi) is 10.3. The number of carbonyl (C=O) groups excluding carboxylic acids is 1. The number of H-pyrrole nitrogens is 1. The standard InChI is InChI=1S/C39H45F2N5O5S/c1-6-50-36(47)24(2)19-25-9-7-10-26(20-25)39(42)16-8-15-38(3,4)23-52(48,49)18-14-29-28-13-17-43-33(28)22-32(41)34(29)51-27-11-12-31(40)30(21-27)35-44-37(39)45-46(35)5/h7,9-13,17,20-22,24,43H,6,8,14-16,18-19,23,42H2,1-5H3. The Morgan fingerprint density at radius 3 is 2.67 bits per heavy atom. The summed E-state index contributed by atoms with van der Waals surface area (Å²) in [5, 5.41) is 5.35. The molecule has 6 rings (SSSR count). The average molecular weight is 734 g/mol. The fourth-order valence-corrected chi connectivity index (χ4v) is 9.17. The Balaban J connectivity index is 1.47. The van der Waals surface area contributed by atoms with E-state index in [9.17, 15) is 13.2 Å². The van der Waals surface area contributed by atoms with Crippen molar-refractivity contribution in [1.82, 2.24) is 19.7 Å². The number of rotatable bonds is 5. The number of halogens is 2. The van der Waals surface area contributed by atoms with E-state index in [-0.39, 0.29) is 65.1 Å². The van der Waals surface area contributed by atoms with Crippen LogP contribution >= 0.6 is 0 Å². The SMILES string of the molecule is CCOC(=O)C(C)Cc1cccc(C2(N)CCCC(C)(C)CS(=O)(=O)CCc3c(c(F)cc4[nH]ccc34)Oc3ccc(F)c(c3)-c3nc2nn3C)c1. The minimum atomic E-state index is -3.62. The highest BCUT2D eigenvalue weighted by Gasteiger charge is 2.37. The summed E-state index contributed by atoms with van der Waals surface area (Å²) in [6.45, 7) is 7.68. The van der Waals surface area contributed by atoms with Crippen molar-refractivity contribution in [2.75, 3.05) is 18.1 Å². The van der Waals surface area contributed by atoms with E-state index in [0.29, 0.717) is 47.7 Å². The normalized spacial score (nSPS) is 19.5. The number of aromatic nitrogens is 4. The molecule has 0 amide bonds. The van der Waals surface area contributed by atoms with E-state index in [1.807, 2.05) is 45.0 Å². The zero-order chi connectivity index (χ0) is 37.4. The average Bonchev–Trinajstić information content (AvgIpc) is 3.71. The van der Waals surface area contributed by atoms with E-state index in [4.69, 9.17) is 25.3 Å². The fourth-order valence-electron chi connectivity index (χ4n) is 7.17. The quantitative estimate of drug-likeness (QED) is 0.182. The maximum atomic E-state index is 15.7. The van der Waals surface area contributed by atoms with Gasteiger partial charge in [0.2, 0.25) is 0 Å². The zero-order valence-electron chi connectivity index (χ0n) is 30.1. The summed E-state index contributed by atoms with van der Waals surface area (Å²) in [7, 11) is -1.98. The van der Waals surface area contributed by atoms with Gasteiger partial charge in [0.15, 0.2) is 33.1 Å². The Labute approximate surface area is 302 Å². The van der Waals surface area contributed by atoms with Crippen LogP contribution < -0.4 is 10.5 Å². The molecule has 52 heavy (non-hydrogen) atoms. The van der Waals surface area contributed by atoms with Gasteiger partial charge in [-0.2, -0.15) is 5.10 Å². The van der Waals surface area contributed by atoms with Crippen molar-refractivity contribution >= 4 is 26.7 Å². The first-order chi connectivity index (χ1) is 24.6. The molecule has 0 radical (unpaired) electrons. The number of aromatic amines is 1. The molecule has 2 unspecified atom stereocenters. The van der Waals surface area contributed by atoms with Crippen LogP contribution in [-0.2, 0) is 44.8 Å². The second-order valence-electron chi connectivity index (χ2n) is 14.6. The lowest BCUT2D eigenvalue weighted by Gasteiger charge is -2.30. The number of sulfone groups is 1. The van der Waals surface area contributed by atoms with Crippen LogP contribution in [0.2, 0.25) is 0 Å². The molecule has 13 heteroatoms. The maximum Gasteiger partial charge on any atom is 0.308 e. The molecular formula is C39H45F2N5O5S. The van der Waals surface area contributed by atoms with Crippen molar-refractivity contribution in [3.63, 3.8) is 0 Å². The summed E-state index contributed by atoms with van der Waals surface area (Å²) >= 11 is 0. The predicted molar refractivity (Wildman–Crippen MR) is 196 cm³/mol. The van der Waals surface area contributed by atoms with Crippen molar-refractivity contribution in [1.29, 1.82) is 0 Å². The van der Waals surface area contributed by atoms with E-state index in [0.717, 1.165) is 5.56 Å².